The molecule has 7 nitrogen and oxygen atoms in total. The van der Waals surface area contributed by atoms with E-state index < -0.39 is 0 Å². The van der Waals surface area contributed by atoms with E-state index in [1.165, 1.54) is 0 Å². The number of halogens is 1. The van der Waals surface area contributed by atoms with E-state index in [1.54, 1.807) is 6.20 Å². The number of aliphatic imine (C=N–C) groups is 1. The molecule has 1 atom stereocenters. The third-order valence-electron chi connectivity index (χ3n) is 4.19. The lowest BCUT2D eigenvalue weighted by atomic mass is 10.2. The Hall–Kier alpha value is -1.13. The Morgan fingerprint density at radius 3 is 2.93 bits per heavy atom. The van der Waals surface area contributed by atoms with Crippen molar-refractivity contribution in [2.24, 2.45) is 4.99 Å². The lowest BCUT2D eigenvalue weighted by Crippen LogP contribution is -2.38. The van der Waals surface area contributed by atoms with Gasteiger partial charge in [0.1, 0.15) is 0 Å². The van der Waals surface area contributed by atoms with Crippen LogP contribution in [-0.4, -0.2) is 56.6 Å². The molecule has 2 N–H and O–H groups in total. The molecule has 0 saturated carbocycles. The van der Waals surface area contributed by atoms with Crippen LogP contribution in [0.5, 0.6) is 5.88 Å². The predicted octanol–water partition coefficient (Wildman–Crippen LogP) is 3.13. The molecular weight excluding hydrogens is 471 g/mol. The number of guanidine groups is 1. The molecule has 1 unspecified atom stereocenters. The molecule has 0 spiro atoms. The molecular formula is C20H35IN4O3. The average Bonchev–Trinajstić information content (AvgIpc) is 3.20. The van der Waals surface area contributed by atoms with Gasteiger partial charge in [-0.1, -0.05) is 19.4 Å². The van der Waals surface area contributed by atoms with Crippen molar-refractivity contribution in [1.29, 1.82) is 0 Å². The summed E-state index contributed by atoms with van der Waals surface area (Å²) in [5.41, 5.74) is 0.996. The molecule has 1 aliphatic heterocycles. The summed E-state index contributed by atoms with van der Waals surface area (Å²) in [6.45, 7) is 9.33. The summed E-state index contributed by atoms with van der Waals surface area (Å²) >= 11 is 0. The van der Waals surface area contributed by atoms with E-state index in [9.17, 15) is 0 Å². The third kappa shape index (κ3) is 9.88. The lowest BCUT2D eigenvalue weighted by Gasteiger charge is -2.13. The fourth-order valence-corrected chi connectivity index (χ4v) is 2.67. The summed E-state index contributed by atoms with van der Waals surface area (Å²) in [5, 5.41) is 6.63. The first-order valence-electron chi connectivity index (χ1n) is 10.1. The highest BCUT2D eigenvalue weighted by atomic mass is 127. The fraction of sp³-hybridized carbons (Fsp3) is 0.700. The monoisotopic (exact) mass is 506 g/mol. The number of hydrogen-bond donors (Lipinski definition) is 2. The normalized spacial score (nSPS) is 16.5. The lowest BCUT2D eigenvalue weighted by molar-refractivity contribution is 0.0420. The molecule has 2 rings (SSSR count). The SMILES string of the molecule is CCCCOc1ncccc1CN=C(NCC)NCCCOC1CCOC1.I. The number of nitrogens with one attached hydrogen (secondary N) is 2. The Bertz CT molecular complexity index is 554. The molecule has 1 aromatic rings. The van der Waals surface area contributed by atoms with Crippen LogP contribution in [0, 0.1) is 0 Å². The van der Waals surface area contributed by atoms with Crippen LogP contribution >= 0.6 is 24.0 Å². The van der Waals surface area contributed by atoms with E-state index in [4.69, 9.17) is 14.2 Å². The zero-order valence-electron chi connectivity index (χ0n) is 17.1. The highest BCUT2D eigenvalue weighted by molar-refractivity contribution is 14.0. The van der Waals surface area contributed by atoms with Gasteiger partial charge >= 0.3 is 0 Å². The minimum Gasteiger partial charge on any atom is -0.477 e. The quantitative estimate of drug-likeness (QED) is 0.196. The molecule has 1 fully saturated rings. The van der Waals surface area contributed by atoms with Crippen LogP contribution in [0.25, 0.3) is 0 Å². The van der Waals surface area contributed by atoms with Crippen molar-refractivity contribution in [2.45, 2.75) is 52.2 Å². The van der Waals surface area contributed by atoms with Gasteiger partial charge < -0.3 is 24.8 Å². The van der Waals surface area contributed by atoms with Gasteiger partial charge in [0.15, 0.2) is 5.96 Å². The minimum atomic E-state index is 0. The number of pyridine rings is 1. The molecule has 0 bridgehead atoms. The third-order valence-corrected chi connectivity index (χ3v) is 4.19. The summed E-state index contributed by atoms with van der Waals surface area (Å²) in [7, 11) is 0. The van der Waals surface area contributed by atoms with Gasteiger partial charge in [-0.3, -0.25) is 0 Å². The smallest absolute Gasteiger partial charge is 0.218 e. The standard InChI is InChI=1S/C20H34N4O3.HI/c1-3-5-12-27-19-17(8-6-10-22-19)15-24-20(21-4-2)23-11-7-13-26-18-9-14-25-16-18;/h6,8,10,18H,3-5,7,9,11-16H2,1-2H3,(H2,21,23,24);1H. The van der Waals surface area contributed by atoms with Gasteiger partial charge in [0.2, 0.25) is 5.88 Å². The summed E-state index contributed by atoms with van der Waals surface area (Å²) in [6.07, 6.45) is 6.09. The summed E-state index contributed by atoms with van der Waals surface area (Å²) < 4.78 is 16.9. The van der Waals surface area contributed by atoms with E-state index in [0.29, 0.717) is 19.0 Å². The van der Waals surface area contributed by atoms with Crippen molar-refractivity contribution in [3.8, 4) is 5.88 Å². The summed E-state index contributed by atoms with van der Waals surface area (Å²) in [4.78, 5) is 9.00. The molecule has 28 heavy (non-hydrogen) atoms. The molecule has 8 heteroatoms. The van der Waals surface area contributed by atoms with Crippen molar-refractivity contribution < 1.29 is 14.2 Å². The van der Waals surface area contributed by atoms with Crippen molar-refractivity contribution in [2.75, 3.05) is 39.5 Å². The van der Waals surface area contributed by atoms with Crippen LogP contribution in [0.2, 0.25) is 0 Å². The highest BCUT2D eigenvalue weighted by Crippen LogP contribution is 2.15. The van der Waals surface area contributed by atoms with Gasteiger partial charge in [0, 0.05) is 38.1 Å². The van der Waals surface area contributed by atoms with Gasteiger partial charge in [-0.2, -0.15) is 0 Å². The van der Waals surface area contributed by atoms with Gasteiger partial charge in [-0.25, -0.2) is 9.98 Å². The maximum absolute atomic E-state index is 5.79. The van der Waals surface area contributed by atoms with Crippen molar-refractivity contribution >= 4 is 29.9 Å². The van der Waals surface area contributed by atoms with E-state index in [2.05, 4.69) is 34.5 Å². The Labute approximate surface area is 186 Å². The maximum atomic E-state index is 5.79. The predicted molar refractivity (Wildman–Crippen MR) is 123 cm³/mol. The Morgan fingerprint density at radius 1 is 1.29 bits per heavy atom. The van der Waals surface area contributed by atoms with Crippen molar-refractivity contribution in [3.05, 3.63) is 23.9 Å². The van der Waals surface area contributed by atoms with Crippen LogP contribution < -0.4 is 15.4 Å². The minimum absolute atomic E-state index is 0. The first kappa shape index (κ1) is 24.9. The van der Waals surface area contributed by atoms with Gasteiger partial charge in [-0.05, 0) is 32.3 Å². The second kappa shape index (κ2) is 15.8. The summed E-state index contributed by atoms with van der Waals surface area (Å²) in [5.74, 6) is 1.47. The van der Waals surface area contributed by atoms with E-state index >= 15 is 0 Å². The van der Waals surface area contributed by atoms with Crippen molar-refractivity contribution in [3.63, 3.8) is 0 Å². The van der Waals surface area contributed by atoms with Gasteiger partial charge in [-0.15, -0.1) is 24.0 Å². The van der Waals surface area contributed by atoms with Crippen LogP contribution in [0.1, 0.15) is 45.1 Å². The fourth-order valence-electron chi connectivity index (χ4n) is 2.67. The molecule has 0 aliphatic carbocycles. The number of unbranched alkanes of at least 4 members (excludes halogenated alkanes) is 1. The van der Waals surface area contributed by atoms with Crippen LogP contribution in [0.4, 0.5) is 0 Å². The maximum Gasteiger partial charge on any atom is 0.218 e. The second-order valence-corrected chi connectivity index (χ2v) is 6.50. The Morgan fingerprint density at radius 2 is 2.18 bits per heavy atom. The number of rotatable bonds is 12. The highest BCUT2D eigenvalue weighted by Gasteiger charge is 2.15. The zero-order valence-corrected chi connectivity index (χ0v) is 19.4. The molecule has 1 aliphatic rings. The Balaban J connectivity index is 0.00000392. The summed E-state index contributed by atoms with van der Waals surface area (Å²) in [6, 6.07) is 3.93. The largest absolute Gasteiger partial charge is 0.477 e. The molecule has 160 valence electrons. The first-order valence-corrected chi connectivity index (χ1v) is 10.1. The first-order chi connectivity index (χ1) is 13.3. The molecule has 0 radical (unpaired) electrons. The number of nitrogens with zero attached hydrogens (tertiary/aromatic N) is 2. The van der Waals surface area contributed by atoms with Crippen LogP contribution in [-0.2, 0) is 16.0 Å². The van der Waals surface area contributed by atoms with Gasteiger partial charge in [0.05, 0.1) is 25.9 Å². The van der Waals surface area contributed by atoms with Crippen molar-refractivity contribution in [1.82, 2.24) is 15.6 Å². The Kier molecular flexibility index (Phi) is 14.0. The number of aromatic nitrogens is 1. The molecule has 2 heterocycles. The molecule has 1 aromatic heterocycles. The van der Waals surface area contributed by atoms with E-state index in [0.717, 1.165) is 70.1 Å². The van der Waals surface area contributed by atoms with E-state index in [1.807, 2.05) is 12.1 Å². The van der Waals surface area contributed by atoms with E-state index in [-0.39, 0.29) is 30.1 Å². The molecule has 1 saturated heterocycles. The number of ether oxygens (including phenoxy) is 3. The second-order valence-electron chi connectivity index (χ2n) is 6.50. The van der Waals surface area contributed by atoms with Gasteiger partial charge in [0.25, 0.3) is 0 Å². The number of hydrogen-bond acceptors (Lipinski definition) is 5. The van der Waals surface area contributed by atoms with Crippen LogP contribution in [0.3, 0.4) is 0 Å². The molecule has 0 aromatic carbocycles. The van der Waals surface area contributed by atoms with Crippen LogP contribution in [0.15, 0.2) is 23.3 Å². The molecule has 0 amide bonds. The zero-order chi connectivity index (χ0) is 19.2. The average molecular weight is 506 g/mol. The topological polar surface area (TPSA) is 77.0 Å².